The fourth-order valence-electron chi connectivity index (χ4n) is 4.29. The molecule has 0 spiro atoms. The van der Waals surface area contributed by atoms with Gasteiger partial charge in [0.15, 0.2) is 0 Å². The molecule has 0 aliphatic carbocycles. The van der Waals surface area contributed by atoms with Gasteiger partial charge < -0.3 is 15.2 Å². The van der Waals surface area contributed by atoms with Gasteiger partial charge in [0.1, 0.15) is 11.6 Å². The summed E-state index contributed by atoms with van der Waals surface area (Å²) in [5, 5.41) is 0. The molecule has 0 bridgehead atoms. The highest BCUT2D eigenvalue weighted by Crippen LogP contribution is 2.43. The van der Waals surface area contributed by atoms with Crippen LogP contribution in [0.5, 0.6) is 0 Å². The van der Waals surface area contributed by atoms with Crippen LogP contribution in [-0.4, -0.2) is 47.4 Å². The summed E-state index contributed by atoms with van der Waals surface area (Å²) in [5.41, 5.74) is 13.0. The molecule has 0 unspecified atom stereocenters. The first kappa shape index (κ1) is 24.9. The number of fused-ring (bicyclic) bond motifs is 1. The first-order valence-corrected chi connectivity index (χ1v) is 14.1. The van der Waals surface area contributed by atoms with Crippen LogP contribution >= 0.6 is 10.0 Å². The number of benzene rings is 1. The Kier molecular flexibility index (Phi) is 6.99. The second-order valence-corrected chi connectivity index (χ2v) is 14.5. The highest BCUT2D eigenvalue weighted by atomic mass is 32.3. The van der Waals surface area contributed by atoms with E-state index in [2.05, 4.69) is 43.5 Å². The Morgan fingerprint density at radius 3 is 2.45 bits per heavy atom. The van der Waals surface area contributed by atoms with Gasteiger partial charge >= 0.3 is 0 Å². The number of hydrogen-bond donors (Lipinski definition) is 1. The van der Waals surface area contributed by atoms with Crippen molar-refractivity contribution < 1.29 is 4.39 Å². The lowest BCUT2D eigenvalue weighted by atomic mass is 9.90. The van der Waals surface area contributed by atoms with Crippen molar-refractivity contribution in [2.45, 2.75) is 33.2 Å². The third-order valence-electron chi connectivity index (χ3n) is 6.01. The molecule has 0 amide bonds. The number of hydrogen-bond acceptors (Lipinski definition) is 3. The topological polar surface area (TPSA) is 46.6 Å². The van der Waals surface area contributed by atoms with Gasteiger partial charge in [-0.2, -0.15) is 0 Å². The summed E-state index contributed by atoms with van der Waals surface area (Å²) in [7, 11) is 1.28. The molecule has 1 aliphatic rings. The van der Waals surface area contributed by atoms with Crippen molar-refractivity contribution in [2.75, 3.05) is 31.6 Å². The average Bonchev–Trinajstić information content (AvgIpc) is 3.05. The first-order valence-electron chi connectivity index (χ1n) is 11.1. The molecule has 0 fully saturated rings. The van der Waals surface area contributed by atoms with E-state index in [4.69, 9.17) is 5.73 Å². The number of nitrogens with two attached hydrogens (primary N) is 1. The van der Waals surface area contributed by atoms with E-state index in [-0.39, 0.29) is 5.82 Å². The van der Waals surface area contributed by atoms with Crippen LogP contribution in [0, 0.1) is 12.7 Å². The van der Waals surface area contributed by atoms with Gasteiger partial charge in [-0.1, -0.05) is 25.3 Å². The van der Waals surface area contributed by atoms with Gasteiger partial charge in [0.2, 0.25) is 0 Å². The molecular formula is C27H37FN4S. The van der Waals surface area contributed by atoms with Crippen LogP contribution in [0.1, 0.15) is 35.6 Å². The molecule has 1 aromatic carbocycles. The fourth-order valence-corrected chi connectivity index (χ4v) is 5.30. The maximum absolute atomic E-state index is 15.9. The Labute approximate surface area is 199 Å². The predicted octanol–water partition coefficient (Wildman–Crippen LogP) is 6.31. The number of rotatable bonds is 8. The molecule has 2 N–H and O–H groups in total. The van der Waals surface area contributed by atoms with Crippen molar-refractivity contribution in [1.82, 2.24) is 9.47 Å². The molecule has 0 radical (unpaired) electrons. The van der Waals surface area contributed by atoms with Gasteiger partial charge in [-0.15, -0.1) is 0 Å². The van der Waals surface area contributed by atoms with E-state index in [0.29, 0.717) is 23.4 Å². The molecule has 178 valence electrons. The van der Waals surface area contributed by atoms with Gasteiger partial charge in [0, 0.05) is 53.4 Å². The predicted molar refractivity (Wildman–Crippen MR) is 146 cm³/mol. The van der Waals surface area contributed by atoms with Gasteiger partial charge in [0.25, 0.3) is 0 Å². The van der Waals surface area contributed by atoms with E-state index in [1.54, 1.807) is 6.34 Å². The maximum atomic E-state index is 15.9. The van der Waals surface area contributed by atoms with Gasteiger partial charge in [0.05, 0.1) is 6.34 Å². The summed E-state index contributed by atoms with van der Waals surface area (Å²) in [6.07, 6.45) is 12.4. The molecule has 33 heavy (non-hydrogen) atoms. The van der Waals surface area contributed by atoms with Crippen molar-refractivity contribution in [3.8, 4) is 11.1 Å². The number of aliphatic imine (C=N–C) groups is 1. The highest BCUT2D eigenvalue weighted by Gasteiger charge is 2.27. The van der Waals surface area contributed by atoms with E-state index in [9.17, 15) is 0 Å². The minimum absolute atomic E-state index is 0.224. The molecule has 2 aromatic rings. The molecule has 0 atom stereocenters. The molecule has 0 saturated heterocycles. The smallest absolute Gasteiger partial charge is 0.144 e. The van der Waals surface area contributed by atoms with Crippen LogP contribution in [0.2, 0.25) is 0 Å². The molecule has 6 heteroatoms. The summed E-state index contributed by atoms with van der Waals surface area (Å²) >= 11 is 0. The fraction of sp³-hybridized carbons (Fsp3) is 0.370. The number of halogens is 1. The standard InChI is InChI=1S/C27H37FN4S/c1-17(2)14-32-15-24(25-20(5)31(6)16-30-27(25)32)23-13-22(19(4)29)21(18(3)26(23)28)11-10-12-33(7,8)9/h13,15-16H,1,4-5,10-12,14,29H2,2-3,6-9H3. The van der Waals surface area contributed by atoms with Crippen LogP contribution in [0.4, 0.5) is 10.2 Å². The zero-order valence-corrected chi connectivity index (χ0v) is 21.7. The van der Waals surface area contributed by atoms with Crippen molar-refractivity contribution in [2.24, 2.45) is 10.7 Å². The van der Waals surface area contributed by atoms with Crippen molar-refractivity contribution in [1.29, 1.82) is 0 Å². The number of allylic oxidation sites excluding steroid dienone is 1. The Morgan fingerprint density at radius 1 is 1.21 bits per heavy atom. The molecule has 0 saturated carbocycles. The van der Waals surface area contributed by atoms with Crippen molar-refractivity contribution in [3.05, 3.63) is 65.6 Å². The summed E-state index contributed by atoms with van der Waals surface area (Å²) in [6.45, 7) is 16.7. The largest absolute Gasteiger partial charge is 0.399 e. The average molecular weight is 469 g/mol. The van der Waals surface area contributed by atoms with Crippen LogP contribution < -0.4 is 5.73 Å². The quantitative estimate of drug-likeness (QED) is 0.462. The zero-order valence-electron chi connectivity index (χ0n) is 20.9. The highest BCUT2D eigenvalue weighted by molar-refractivity contribution is 8.32. The van der Waals surface area contributed by atoms with E-state index in [1.165, 1.54) is 0 Å². The SMILES string of the molecule is C=C(C)Cn1cc(-c2cc(C(=C)N)c(CCCS(C)(C)C)c(C)c2F)c2c1N=CN(C)C2=C. The monoisotopic (exact) mass is 468 g/mol. The lowest BCUT2D eigenvalue weighted by Crippen LogP contribution is -2.17. The summed E-state index contributed by atoms with van der Waals surface area (Å²) in [4.78, 5) is 6.47. The minimum atomic E-state index is -0.615. The summed E-state index contributed by atoms with van der Waals surface area (Å²) < 4.78 is 18.0. The number of aromatic nitrogens is 1. The van der Waals surface area contributed by atoms with Crippen molar-refractivity contribution in [3.63, 3.8) is 0 Å². The van der Waals surface area contributed by atoms with E-state index in [1.807, 2.05) is 42.6 Å². The second kappa shape index (κ2) is 9.26. The zero-order chi connectivity index (χ0) is 24.7. The Hall–Kier alpha value is -2.73. The minimum Gasteiger partial charge on any atom is -0.399 e. The molecule has 3 rings (SSSR count). The lowest BCUT2D eigenvalue weighted by molar-refractivity contribution is 0.618. The third kappa shape index (κ3) is 5.11. The van der Waals surface area contributed by atoms with E-state index < -0.39 is 10.0 Å². The molecule has 4 nitrogen and oxygen atoms in total. The third-order valence-corrected chi connectivity index (χ3v) is 7.52. The number of nitrogens with zero attached hydrogens (tertiary/aromatic N) is 3. The lowest BCUT2D eigenvalue weighted by Gasteiger charge is -2.26. The summed E-state index contributed by atoms with van der Waals surface area (Å²) in [6, 6.07) is 1.86. The Balaban J connectivity index is 2.19. The van der Waals surface area contributed by atoms with Crippen LogP contribution in [0.15, 0.2) is 42.6 Å². The second-order valence-electron chi connectivity index (χ2n) is 9.94. The first-order chi connectivity index (χ1) is 15.3. The van der Waals surface area contributed by atoms with Crippen molar-refractivity contribution >= 4 is 33.6 Å². The molecule has 1 aromatic heterocycles. The maximum Gasteiger partial charge on any atom is 0.144 e. The Bertz CT molecular complexity index is 1160. The molecule has 1 aliphatic heterocycles. The van der Waals surface area contributed by atoms with Gasteiger partial charge in [-0.3, -0.25) is 0 Å². The van der Waals surface area contributed by atoms with Crippen LogP contribution in [-0.2, 0) is 13.0 Å². The van der Waals surface area contributed by atoms with Gasteiger partial charge in [-0.25, -0.2) is 19.4 Å². The molecule has 2 heterocycles. The Morgan fingerprint density at radius 2 is 1.88 bits per heavy atom. The summed E-state index contributed by atoms with van der Waals surface area (Å²) in [5.74, 6) is 1.67. The normalized spacial score (nSPS) is 13.9. The van der Waals surface area contributed by atoms with E-state index >= 15 is 4.39 Å². The van der Waals surface area contributed by atoms with Crippen LogP contribution in [0.3, 0.4) is 0 Å². The van der Waals surface area contributed by atoms with Gasteiger partial charge in [-0.05, 0) is 68.4 Å². The van der Waals surface area contributed by atoms with Crippen LogP contribution in [0.25, 0.3) is 22.5 Å². The van der Waals surface area contributed by atoms with E-state index in [0.717, 1.165) is 57.9 Å². The molecular weight excluding hydrogens is 431 g/mol.